The van der Waals surface area contributed by atoms with Crippen LogP contribution in [0.1, 0.15) is 26.4 Å². The Morgan fingerprint density at radius 2 is 2.00 bits per heavy atom. The zero-order chi connectivity index (χ0) is 16.1. The number of ether oxygens (including phenoxy) is 1. The van der Waals surface area contributed by atoms with Gasteiger partial charge in [0.2, 0.25) is 0 Å². The smallest absolute Gasteiger partial charge is 0.341 e. The van der Waals surface area contributed by atoms with Crippen molar-refractivity contribution in [2.45, 2.75) is 19.9 Å². The Morgan fingerprint density at radius 1 is 1.32 bits per heavy atom. The molecular weight excluding hydrogens is 296 g/mol. The summed E-state index contributed by atoms with van der Waals surface area (Å²) in [4.78, 5) is 15.2. The van der Waals surface area contributed by atoms with E-state index in [1.54, 1.807) is 0 Å². The number of nitrogen functional groups attached to an aromatic ring is 1. The molecule has 2 N–H and O–H groups in total. The van der Waals surface area contributed by atoms with Crippen LogP contribution in [0.15, 0.2) is 30.3 Å². The highest BCUT2D eigenvalue weighted by atomic mass is 32.1. The number of methoxy groups -OCH3 is 1. The number of nitrogens with zero attached hydrogens (tertiary/aromatic N) is 1. The Labute approximate surface area is 135 Å². The Morgan fingerprint density at radius 3 is 2.64 bits per heavy atom. The molecule has 2 rings (SSSR count). The van der Waals surface area contributed by atoms with Crippen LogP contribution in [0.2, 0.25) is 0 Å². The van der Waals surface area contributed by atoms with E-state index in [0.29, 0.717) is 10.6 Å². The van der Waals surface area contributed by atoms with E-state index in [9.17, 15) is 4.79 Å². The van der Waals surface area contributed by atoms with Gasteiger partial charge >= 0.3 is 5.97 Å². The first kappa shape index (κ1) is 16.5. The van der Waals surface area contributed by atoms with E-state index in [1.807, 2.05) is 13.0 Å². The number of carbonyl (C=O) groups excluding carboxylic acids is 1. The van der Waals surface area contributed by atoms with Crippen molar-refractivity contribution in [1.82, 2.24) is 4.90 Å². The van der Waals surface area contributed by atoms with Crippen LogP contribution >= 0.6 is 11.3 Å². The topological polar surface area (TPSA) is 55.6 Å². The van der Waals surface area contributed by atoms with Crippen molar-refractivity contribution in [2.24, 2.45) is 0 Å². The quantitative estimate of drug-likeness (QED) is 0.832. The first-order valence-corrected chi connectivity index (χ1v) is 8.03. The third kappa shape index (κ3) is 3.87. The molecule has 4 nitrogen and oxygen atoms in total. The van der Waals surface area contributed by atoms with Crippen molar-refractivity contribution in [1.29, 1.82) is 0 Å². The zero-order valence-corrected chi connectivity index (χ0v) is 14.1. The predicted molar refractivity (Wildman–Crippen MR) is 91.3 cm³/mol. The van der Waals surface area contributed by atoms with Crippen molar-refractivity contribution in [3.8, 4) is 0 Å². The summed E-state index contributed by atoms with van der Waals surface area (Å²) in [5, 5.41) is 0.546. The number of esters is 1. The fourth-order valence-corrected chi connectivity index (χ4v) is 3.50. The van der Waals surface area contributed by atoms with Crippen LogP contribution in [-0.2, 0) is 17.7 Å². The largest absolute Gasteiger partial charge is 0.465 e. The maximum atomic E-state index is 11.7. The third-order valence-electron chi connectivity index (χ3n) is 3.68. The summed E-state index contributed by atoms with van der Waals surface area (Å²) in [5.41, 5.74) is 8.72. The van der Waals surface area contributed by atoms with E-state index < -0.39 is 0 Å². The zero-order valence-electron chi connectivity index (χ0n) is 13.3. The van der Waals surface area contributed by atoms with Gasteiger partial charge in [-0.3, -0.25) is 0 Å². The van der Waals surface area contributed by atoms with Crippen LogP contribution < -0.4 is 5.73 Å². The first-order chi connectivity index (χ1) is 10.5. The molecular formula is C17H22N2O2S. The summed E-state index contributed by atoms with van der Waals surface area (Å²) >= 11 is 1.48. The van der Waals surface area contributed by atoms with Crippen molar-refractivity contribution < 1.29 is 9.53 Å². The summed E-state index contributed by atoms with van der Waals surface area (Å²) in [7, 11) is 3.48. The average molecular weight is 318 g/mol. The highest BCUT2D eigenvalue weighted by Crippen LogP contribution is 2.31. The summed E-state index contributed by atoms with van der Waals surface area (Å²) in [5.74, 6) is -0.352. The molecule has 0 atom stereocenters. The Balaban J connectivity index is 1.98. The lowest BCUT2D eigenvalue weighted by Gasteiger charge is -2.16. The molecule has 22 heavy (non-hydrogen) atoms. The van der Waals surface area contributed by atoms with Gasteiger partial charge < -0.3 is 15.4 Å². The van der Waals surface area contributed by atoms with E-state index in [0.717, 1.165) is 30.0 Å². The van der Waals surface area contributed by atoms with E-state index in [1.165, 1.54) is 24.0 Å². The molecule has 0 saturated heterocycles. The number of thiophene rings is 1. The van der Waals surface area contributed by atoms with E-state index in [2.05, 4.69) is 36.2 Å². The van der Waals surface area contributed by atoms with E-state index >= 15 is 0 Å². The Hall–Kier alpha value is -1.85. The fraction of sp³-hybridized carbons (Fsp3) is 0.353. The SMILES string of the molecule is COC(=O)c1c(N)sc(CCN(C)Cc2ccccc2)c1C. The van der Waals surface area contributed by atoms with E-state index in [-0.39, 0.29) is 5.97 Å². The molecule has 1 aromatic heterocycles. The maximum absolute atomic E-state index is 11.7. The molecule has 0 aliphatic carbocycles. The number of anilines is 1. The van der Waals surface area contributed by atoms with Crippen LogP contribution in [0, 0.1) is 6.92 Å². The normalized spacial score (nSPS) is 10.9. The molecule has 0 radical (unpaired) electrons. The average Bonchev–Trinajstić information content (AvgIpc) is 2.80. The van der Waals surface area contributed by atoms with Crippen LogP contribution in [0.5, 0.6) is 0 Å². The molecule has 0 aliphatic rings. The second kappa shape index (κ2) is 7.42. The number of hydrogen-bond acceptors (Lipinski definition) is 5. The first-order valence-electron chi connectivity index (χ1n) is 7.21. The number of benzene rings is 1. The molecule has 0 amide bonds. The van der Waals surface area contributed by atoms with Gasteiger partial charge in [-0.25, -0.2) is 4.79 Å². The molecule has 2 aromatic rings. The number of rotatable bonds is 6. The number of carbonyl (C=O) groups is 1. The molecule has 0 spiro atoms. The second-order valence-electron chi connectivity index (χ2n) is 5.35. The number of likely N-dealkylation sites (N-methyl/N-ethyl adjacent to an activating group) is 1. The van der Waals surface area contributed by atoms with Crippen molar-refractivity contribution in [3.05, 3.63) is 51.9 Å². The summed E-state index contributed by atoms with van der Waals surface area (Å²) < 4.78 is 4.79. The second-order valence-corrected chi connectivity index (χ2v) is 6.49. The Kier molecular flexibility index (Phi) is 5.57. The van der Waals surface area contributed by atoms with Crippen molar-refractivity contribution >= 4 is 22.3 Å². The van der Waals surface area contributed by atoms with Gasteiger partial charge in [-0.1, -0.05) is 30.3 Å². The van der Waals surface area contributed by atoms with Crippen molar-refractivity contribution in [3.63, 3.8) is 0 Å². The van der Waals surface area contributed by atoms with Crippen LogP contribution in [0.3, 0.4) is 0 Å². The number of nitrogens with two attached hydrogens (primary N) is 1. The monoisotopic (exact) mass is 318 g/mol. The van der Waals surface area contributed by atoms with Gasteiger partial charge in [-0.2, -0.15) is 0 Å². The number of hydrogen-bond donors (Lipinski definition) is 1. The van der Waals surface area contributed by atoms with Gasteiger partial charge in [0.1, 0.15) is 5.00 Å². The minimum Gasteiger partial charge on any atom is -0.465 e. The minimum absolute atomic E-state index is 0.352. The van der Waals surface area contributed by atoms with Gasteiger partial charge in [-0.05, 0) is 31.5 Å². The van der Waals surface area contributed by atoms with Crippen LogP contribution in [-0.4, -0.2) is 31.6 Å². The summed E-state index contributed by atoms with van der Waals surface area (Å²) in [6.07, 6.45) is 0.876. The molecule has 0 aliphatic heterocycles. The standard InChI is InChI=1S/C17H22N2O2S/c1-12-14(22-16(18)15(12)17(20)21-3)9-10-19(2)11-13-7-5-4-6-8-13/h4-8H,9-11,18H2,1-3H3. The molecule has 5 heteroatoms. The Bertz CT molecular complexity index is 638. The van der Waals surface area contributed by atoms with Gasteiger partial charge in [-0.15, -0.1) is 11.3 Å². The third-order valence-corrected chi connectivity index (χ3v) is 4.86. The molecule has 0 fully saturated rings. The molecule has 0 bridgehead atoms. The summed E-state index contributed by atoms with van der Waals surface area (Å²) in [6, 6.07) is 10.4. The lowest BCUT2D eigenvalue weighted by Crippen LogP contribution is -2.20. The van der Waals surface area contributed by atoms with Crippen LogP contribution in [0.25, 0.3) is 0 Å². The molecule has 1 heterocycles. The lowest BCUT2D eigenvalue weighted by molar-refractivity contribution is 0.0601. The fourth-order valence-electron chi connectivity index (χ4n) is 2.45. The van der Waals surface area contributed by atoms with Gasteiger partial charge in [0.15, 0.2) is 0 Å². The minimum atomic E-state index is -0.352. The van der Waals surface area contributed by atoms with Gasteiger partial charge in [0, 0.05) is 18.0 Å². The maximum Gasteiger partial charge on any atom is 0.341 e. The molecule has 1 aromatic carbocycles. The van der Waals surface area contributed by atoms with Gasteiger partial charge in [0.25, 0.3) is 0 Å². The van der Waals surface area contributed by atoms with Crippen molar-refractivity contribution in [2.75, 3.05) is 26.4 Å². The molecule has 0 saturated carbocycles. The molecule has 118 valence electrons. The summed E-state index contributed by atoms with van der Waals surface area (Å²) in [6.45, 7) is 3.76. The predicted octanol–water partition coefficient (Wildman–Crippen LogP) is 3.10. The van der Waals surface area contributed by atoms with Crippen LogP contribution in [0.4, 0.5) is 5.00 Å². The lowest BCUT2D eigenvalue weighted by atomic mass is 10.1. The van der Waals surface area contributed by atoms with E-state index in [4.69, 9.17) is 10.5 Å². The van der Waals surface area contributed by atoms with Gasteiger partial charge in [0.05, 0.1) is 12.7 Å². The highest BCUT2D eigenvalue weighted by Gasteiger charge is 2.19. The molecule has 0 unspecified atom stereocenters. The highest BCUT2D eigenvalue weighted by molar-refractivity contribution is 7.16.